The molecule has 0 spiro atoms. The molecule has 30 heavy (non-hydrogen) atoms. The smallest absolute Gasteiger partial charge is 0.254 e. The predicted molar refractivity (Wildman–Crippen MR) is 104 cm³/mol. The van der Waals surface area contributed by atoms with E-state index in [2.05, 4.69) is 10.3 Å². The second kappa shape index (κ2) is 9.03. The molecule has 1 aliphatic rings. The molecule has 2 aromatic rings. The summed E-state index contributed by atoms with van der Waals surface area (Å²) in [5.41, 5.74) is 0.895. The molecule has 0 radical (unpaired) electrons. The van der Waals surface area contributed by atoms with Crippen molar-refractivity contribution in [2.75, 3.05) is 19.0 Å². The summed E-state index contributed by atoms with van der Waals surface area (Å²) in [5, 5.41) is 21.5. The number of aliphatic hydroxyl groups is 2. The summed E-state index contributed by atoms with van der Waals surface area (Å²) in [7, 11) is 1.24. The summed E-state index contributed by atoms with van der Waals surface area (Å²) < 4.78 is 38.9. The maximum Gasteiger partial charge on any atom is 0.254 e. The molecule has 3 rings (SSSR count). The monoisotopic (exact) mass is 422 g/mol. The maximum atomic E-state index is 14.3. The number of hydrogen-bond acceptors (Lipinski definition) is 6. The van der Waals surface area contributed by atoms with Crippen LogP contribution in [0.1, 0.15) is 37.1 Å². The lowest BCUT2D eigenvalue weighted by molar-refractivity contribution is -0.127. The fraction of sp³-hybridized carbons (Fsp3) is 0.429. The molecule has 1 saturated heterocycles. The van der Waals surface area contributed by atoms with Crippen LogP contribution in [0.3, 0.4) is 0 Å². The van der Waals surface area contributed by atoms with Crippen LogP contribution in [0.15, 0.2) is 30.5 Å². The zero-order chi connectivity index (χ0) is 22.0. The molecule has 162 valence electrons. The third-order valence-corrected chi connectivity index (χ3v) is 5.46. The van der Waals surface area contributed by atoms with Crippen molar-refractivity contribution in [3.8, 4) is 5.75 Å². The van der Waals surface area contributed by atoms with E-state index in [1.54, 1.807) is 6.92 Å². The molecule has 5 unspecified atom stereocenters. The second-order valence-corrected chi connectivity index (χ2v) is 7.29. The summed E-state index contributed by atoms with van der Waals surface area (Å²) in [6, 6.07) is 5.37. The third-order valence-electron chi connectivity index (χ3n) is 5.46. The number of hydrogen-bond donors (Lipinski definition) is 3. The topological polar surface area (TPSA) is 101 Å². The highest BCUT2D eigenvalue weighted by atomic mass is 19.2. The number of aromatic nitrogens is 1. The summed E-state index contributed by atoms with van der Waals surface area (Å²) in [6.45, 7) is 3.16. The first kappa shape index (κ1) is 22.1. The minimum absolute atomic E-state index is 0.177. The Bertz CT molecular complexity index is 926. The van der Waals surface area contributed by atoms with Crippen LogP contribution < -0.4 is 10.1 Å². The molecule has 1 aromatic carbocycles. The first-order valence-electron chi connectivity index (χ1n) is 9.51. The van der Waals surface area contributed by atoms with E-state index in [0.29, 0.717) is 11.3 Å². The summed E-state index contributed by atoms with van der Waals surface area (Å²) in [4.78, 5) is 17.0. The van der Waals surface area contributed by atoms with Gasteiger partial charge < -0.3 is 25.0 Å². The number of nitrogens with zero attached hydrogens (tertiary/aromatic N) is 1. The molecule has 5 atom stereocenters. The molecule has 1 aromatic heterocycles. The molecule has 3 N–H and O–H groups in total. The van der Waals surface area contributed by atoms with E-state index in [9.17, 15) is 18.7 Å². The molecule has 7 nitrogen and oxygen atoms in total. The van der Waals surface area contributed by atoms with Gasteiger partial charge in [-0.1, -0.05) is 13.0 Å². The molecule has 0 aliphatic carbocycles. The van der Waals surface area contributed by atoms with Crippen LogP contribution in [0.25, 0.3) is 0 Å². The van der Waals surface area contributed by atoms with E-state index in [1.165, 1.54) is 31.5 Å². The highest BCUT2D eigenvalue weighted by molar-refractivity contribution is 5.95. The van der Waals surface area contributed by atoms with E-state index >= 15 is 0 Å². The van der Waals surface area contributed by atoms with Gasteiger partial charge in [0.05, 0.1) is 25.5 Å². The van der Waals surface area contributed by atoms with Crippen molar-refractivity contribution >= 4 is 11.6 Å². The van der Waals surface area contributed by atoms with E-state index in [1.807, 2.05) is 6.92 Å². The van der Waals surface area contributed by atoms with Crippen LogP contribution in [0.5, 0.6) is 5.75 Å². The van der Waals surface area contributed by atoms with Crippen molar-refractivity contribution in [3.63, 3.8) is 0 Å². The number of methoxy groups -OCH3 is 1. The zero-order valence-corrected chi connectivity index (χ0v) is 16.8. The Labute approximate surface area is 172 Å². The molecule has 1 fully saturated rings. The van der Waals surface area contributed by atoms with E-state index in [0.717, 1.165) is 6.07 Å². The molecule has 0 bridgehead atoms. The van der Waals surface area contributed by atoms with Gasteiger partial charge in [-0.05, 0) is 31.0 Å². The SMILES string of the molecule is COc1c(C2C(C(=O)Nc3ccnc(C(O)CO)c3)OC(C)C2C)ccc(F)c1F. The van der Waals surface area contributed by atoms with Crippen LogP contribution in [-0.2, 0) is 9.53 Å². The van der Waals surface area contributed by atoms with Gasteiger partial charge in [0.2, 0.25) is 5.82 Å². The standard InChI is InChI=1S/C21H24F2N2O5/c1-10-11(2)30-20(17(10)13-4-5-14(22)18(23)19(13)29-3)21(28)25-12-6-7-24-15(8-12)16(27)9-26/h4-8,10-11,16-17,20,26-27H,9H2,1-3H3,(H,24,25,28). The number of nitrogens with one attached hydrogen (secondary N) is 1. The van der Waals surface area contributed by atoms with Crippen LogP contribution in [0, 0.1) is 17.6 Å². The van der Waals surface area contributed by atoms with Crippen LogP contribution in [0.4, 0.5) is 14.5 Å². The average Bonchev–Trinajstić information content (AvgIpc) is 3.04. The van der Waals surface area contributed by atoms with Gasteiger partial charge in [0.25, 0.3) is 5.91 Å². The summed E-state index contributed by atoms with van der Waals surface area (Å²) >= 11 is 0. The molecular formula is C21H24F2N2O5. The lowest BCUT2D eigenvalue weighted by Gasteiger charge is -2.23. The Hall–Kier alpha value is -2.62. The number of benzene rings is 1. The van der Waals surface area contributed by atoms with Gasteiger partial charge in [-0.25, -0.2) is 4.39 Å². The number of carbonyl (C=O) groups is 1. The fourth-order valence-electron chi connectivity index (χ4n) is 3.71. The summed E-state index contributed by atoms with van der Waals surface area (Å²) in [5.74, 6) is -3.64. The van der Waals surface area contributed by atoms with Crippen molar-refractivity contribution in [1.82, 2.24) is 4.98 Å². The van der Waals surface area contributed by atoms with Crippen LogP contribution in [-0.4, -0.2) is 47.0 Å². The molecule has 0 saturated carbocycles. The van der Waals surface area contributed by atoms with Crippen LogP contribution >= 0.6 is 0 Å². The molecule has 1 amide bonds. The first-order valence-corrected chi connectivity index (χ1v) is 9.51. The van der Waals surface area contributed by atoms with E-state index in [4.69, 9.17) is 14.6 Å². The largest absolute Gasteiger partial charge is 0.493 e. The molecule has 9 heteroatoms. The van der Waals surface area contributed by atoms with Gasteiger partial charge in [0, 0.05) is 23.4 Å². The number of carbonyl (C=O) groups excluding carboxylic acids is 1. The fourth-order valence-corrected chi connectivity index (χ4v) is 3.71. The Morgan fingerprint density at radius 1 is 1.33 bits per heavy atom. The van der Waals surface area contributed by atoms with Gasteiger partial charge in [-0.3, -0.25) is 9.78 Å². The Kier molecular flexibility index (Phi) is 6.64. The Morgan fingerprint density at radius 2 is 2.07 bits per heavy atom. The van der Waals surface area contributed by atoms with Gasteiger partial charge in [0.1, 0.15) is 12.2 Å². The highest BCUT2D eigenvalue weighted by Crippen LogP contribution is 2.44. The third kappa shape index (κ3) is 4.14. The summed E-state index contributed by atoms with van der Waals surface area (Å²) in [6.07, 6.45) is -1.08. The van der Waals surface area contributed by atoms with Crippen LogP contribution in [0.2, 0.25) is 0 Å². The first-order chi connectivity index (χ1) is 14.3. The number of ether oxygens (including phenoxy) is 2. The minimum atomic E-state index is -1.18. The number of amides is 1. The number of pyridine rings is 1. The second-order valence-electron chi connectivity index (χ2n) is 7.29. The normalized spacial score (nSPS) is 24.5. The van der Waals surface area contributed by atoms with Gasteiger partial charge >= 0.3 is 0 Å². The highest BCUT2D eigenvalue weighted by Gasteiger charge is 2.46. The number of rotatable bonds is 6. The molecular weight excluding hydrogens is 398 g/mol. The average molecular weight is 422 g/mol. The van der Waals surface area contributed by atoms with Crippen molar-refractivity contribution in [2.45, 2.75) is 38.1 Å². The van der Waals surface area contributed by atoms with Crippen molar-refractivity contribution in [3.05, 3.63) is 53.4 Å². The number of anilines is 1. The number of halogens is 2. The van der Waals surface area contributed by atoms with Gasteiger partial charge in [0.15, 0.2) is 11.6 Å². The maximum absolute atomic E-state index is 14.3. The van der Waals surface area contributed by atoms with Gasteiger partial charge in [-0.15, -0.1) is 0 Å². The Morgan fingerprint density at radius 3 is 2.73 bits per heavy atom. The minimum Gasteiger partial charge on any atom is -0.493 e. The molecule has 1 aliphatic heterocycles. The predicted octanol–water partition coefficient (Wildman–Crippen LogP) is 2.54. The van der Waals surface area contributed by atoms with Gasteiger partial charge in [-0.2, -0.15) is 4.39 Å². The lowest BCUT2D eigenvalue weighted by atomic mass is 9.82. The van der Waals surface area contributed by atoms with E-state index in [-0.39, 0.29) is 23.5 Å². The van der Waals surface area contributed by atoms with E-state index < -0.39 is 42.3 Å². The number of aliphatic hydroxyl groups excluding tert-OH is 2. The molecule has 2 heterocycles. The van der Waals surface area contributed by atoms with Crippen molar-refractivity contribution in [1.29, 1.82) is 0 Å². The Balaban J connectivity index is 1.91. The zero-order valence-electron chi connectivity index (χ0n) is 16.8. The quantitative estimate of drug-likeness (QED) is 0.662. The van der Waals surface area contributed by atoms with Crippen molar-refractivity contribution in [2.24, 2.45) is 5.92 Å². The van der Waals surface area contributed by atoms with Crippen molar-refractivity contribution < 1.29 is 33.3 Å². The lowest BCUT2D eigenvalue weighted by Crippen LogP contribution is -2.33.